The Hall–Kier alpha value is -3.17. The minimum absolute atomic E-state index is 0.0333. The van der Waals surface area contributed by atoms with Crippen LogP contribution in [0.25, 0.3) is 34.1 Å². The standard InChI is InChI=1S/C36H51N5O4SSi2/c1-8-31-34(29-16-20-46(42,43)21-17-29)39-35-32(30-14-15-33(37-24-30)28-12-10-9-11-13-28)25-38-41(35)36(31)40(26-44-18-22-47(2,3)4)27-45-19-23-48(5,6)7/h8-15,24-25,29H,1,16-23,26-27H2,2-7H3. The van der Waals surface area contributed by atoms with Gasteiger partial charge in [0.05, 0.1) is 29.1 Å². The van der Waals surface area contributed by atoms with Crippen LogP contribution >= 0.6 is 0 Å². The Balaban J connectivity index is 1.59. The maximum absolute atomic E-state index is 12.4. The summed E-state index contributed by atoms with van der Waals surface area (Å²) >= 11 is 0. The van der Waals surface area contributed by atoms with E-state index in [0.717, 1.165) is 51.5 Å². The summed E-state index contributed by atoms with van der Waals surface area (Å²) in [7, 11) is -5.65. The molecule has 1 aliphatic heterocycles. The Bertz CT molecular complexity index is 1760. The van der Waals surface area contributed by atoms with Crippen molar-refractivity contribution in [2.24, 2.45) is 0 Å². The third-order valence-corrected chi connectivity index (χ3v) is 13.9. The molecule has 1 aliphatic rings. The third-order valence-electron chi connectivity index (χ3n) is 8.76. The molecule has 0 spiro atoms. The van der Waals surface area contributed by atoms with Gasteiger partial charge in [0.2, 0.25) is 0 Å². The van der Waals surface area contributed by atoms with E-state index in [2.05, 4.69) is 56.8 Å². The number of rotatable bonds is 15. The predicted molar refractivity (Wildman–Crippen MR) is 203 cm³/mol. The van der Waals surface area contributed by atoms with Crippen molar-refractivity contribution in [3.8, 4) is 22.4 Å². The minimum Gasteiger partial charge on any atom is -0.361 e. The smallest absolute Gasteiger partial charge is 0.165 e. The van der Waals surface area contributed by atoms with Crippen LogP contribution in [0.4, 0.5) is 5.82 Å². The van der Waals surface area contributed by atoms with E-state index in [1.165, 1.54) is 0 Å². The lowest BCUT2D eigenvalue weighted by molar-refractivity contribution is 0.0942. The lowest BCUT2D eigenvalue weighted by Crippen LogP contribution is -2.34. The summed E-state index contributed by atoms with van der Waals surface area (Å²) in [6.45, 7) is 20.3. The molecule has 4 heterocycles. The largest absolute Gasteiger partial charge is 0.361 e. The summed E-state index contributed by atoms with van der Waals surface area (Å²) in [6.07, 6.45) is 6.56. The van der Waals surface area contributed by atoms with E-state index in [1.807, 2.05) is 59.4 Å². The molecule has 0 atom stereocenters. The van der Waals surface area contributed by atoms with Gasteiger partial charge in [-0.25, -0.2) is 13.4 Å². The highest BCUT2D eigenvalue weighted by Crippen LogP contribution is 2.38. The highest BCUT2D eigenvalue weighted by atomic mass is 32.2. The van der Waals surface area contributed by atoms with E-state index in [0.29, 0.717) is 45.2 Å². The summed E-state index contributed by atoms with van der Waals surface area (Å²) in [5, 5.41) is 4.89. The molecule has 4 aromatic rings. The summed E-state index contributed by atoms with van der Waals surface area (Å²) in [4.78, 5) is 12.1. The van der Waals surface area contributed by atoms with Gasteiger partial charge in [0.25, 0.3) is 0 Å². The van der Waals surface area contributed by atoms with Crippen molar-refractivity contribution in [2.45, 2.75) is 70.1 Å². The van der Waals surface area contributed by atoms with Crippen LogP contribution in [-0.4, -0.2) is 82.3 Å². The van der Waals surface area contributed by atoms with E-state index in [1.54, 1.807) is 0 Å². The molecule has 0 amide bonds. The number of fused-ring (bicyclic) bond motifs is 1. The fraction of sp³-hybridized carbons (Fsp3) is 0.472. The van der Waals surface area contributed by atoms with Crippen LogP contribution in [0.1, 0.15) is 30.0 Å². The summed E-state index contributed by atoms with van der Waals surface area (Å²) in [6, 6.07) is 16.3. The highest BCUT2D eigenvalue weighted by molar-refractivity contribution is 7.91. The molecule has 9 nitrogen and oxygen atoms in total. The molecule has 1 saturated heterocycles. The first-order valence-electron chi connectivity index (χ1n) is 16.9. The van der Waals surface area contributed by atoms with Crippen molar-refractivity contribution >= 4 is 43.5 Å². The zero-order valence-electron chi connectivity index (χ0n) is 29.4. The molecule has 1 fully saturated rings. The Kier molecular flexibility index (Phi) is 11.4. The molecule has 0 radical (unpaired) electrons. The average Bonchev–Trinajstić information content (AvgIpc) is 3.46. The van der Waals surface area contributed by atoms with Gasteiger partial charge in [0.1, 0.15) is 29.1 Å². The Morgan fingerprint density at radius 1 is 0.896 bits per heavy atom. The van der Waals surface area contributed by atoms with Crippen LogP contribution < -0.4 is 4.90 Å². The zero-order valence-corrected chi connectivity index (χ0v) is 32.2. The van der Waals surface area contributed by atoms with Gasteiger partial charge in [-0.1, -0.05) is 88.3 Å². The summed E-state index contributed by atoms with van der Waals surface area (Å²) in [5.41, 5.74) is 6.04. The molecule has 0 bridgehead atoms. The molecule has 258 valence electrons. The van der Waals surface area contributed by atoms with Gasteiger partial charge in [0.15, 0.2) is 5.65 Å². The van der Waals surface area contributed by atoms with Gasteiger partial charge in [0, 0.05) is 63.7 Å². The van der Waals surface area contributed by atoms with Crippen molar-refractivity contribution in [3.05, 3.63) is 72.7 Å². The first-order valence-corrected chi connectivity index (χ1v) is 26.1. The molecular formula is C36H51N5O4SSi2. The first-order chi connectivity index (χ1) is 22.7. The molecule has 5 rings (SSSR count). The Morgan fingerprint density at radius 2 is 1.52 bits per heavy atom. The minimum atomic E-state index is -3.06. The number of anilines is 1. The third kappa shape index (κ3) is 9.29. The van der Waals surface area contributed by atoms with Crippen molar-refractivity contribution in [1.29, 1.82) is 0 Å². The van der Waals surface area contributed by atoms with Crippen LogP contribution in [0.5, 0.6) is 0 Å². The number of pyridine rings is 1. The van der Waals surface area contributed by atoms with Crippen molar-refractivity contribution < 1.29 is 17.9 Å². The molecule has 0 aliphatic carbocycles. The highest BCUT2D eigenvalue weighted by Gasteiger charge is 2.31. The Morgan fingerprint density at radius 3 is 2.06 bits per heavy atom. The van der Waals surface area contributed by atoms with E-state index in [4.69, 9.17) is 24.5 Å². The Labute approximate surface area is 288 Å². The maximum Gasteiger partial charge on any atom is 0.165 e. The van der Waals surface area contributed by atoms with Gasteiger partial charge in [-0.2, -0.15) is 9.61 Å². The van der Waals surface area contributed by atoms with Crippen LogP contribution in [0.15, 0.2) is 61.4 Å². The lowest BCUT2D eigenvalue weighted by atomic mass is 9.94. The van der Waals surface area contributed by atoms with Crippen molar-refractivity contribution in [2.75, 3.05) is 43.1 Å². The molecule has 1 aromatic carbocycles. The van der Waals surface area contributed by atoms with Gasteiger partial charge in [-0.15, -0.1) is 0 Å². The topological polar surface area (TPSA) is 98.9 Å². The molecule has 3 aromatic heterocycles. The second-order valence-corrected chi connectivity index (χ2v) is 28.7. The zero-order chi connectivity index (χ0) is 34.5. The van der Waals surface area contributed by atoms with E-state index in [-0.39, 0.29) is 17.4 Å². The predicted octanol–water partition coefficient (Wildman–Crippen LogP) is 7.82. The van der Waals surface area contributed by atoms with E-state index < -0.39 is 26.0 Å². The van der Waals surface area contributed by atoms with Gasteiger partial charge >= 0.3 is 0 Å². The SMILES string of the molecule is C=Cc1c(C2CCS(=O)(=O)CC2)nc2c(-c3ccc(-c4ccccc4)nc3)cnn2c1N(COCC[Si](C)(C)C)COCC[Si](C)(C)C. The van der Waals surface area contributed by atoms with Crippen molar-refractivity contribution in [3.63, 3.8) is 0 Å². The number of ether oxygens (including phenoxy) is 2. The summed E-state index contributed by atoms with van der Waals surface area (Å²) in [5.74, 6) is 1.06. The average molecular weight is 706 g/mol. The second-order valence-electron chi connectivity index (χ2n) is 15.2. The van der Waals surface area contributed by atoms with E-state index in [9.17, 15) is 8.42 Å². The second kappa shape index (κ2) is 15.2. The van der Waals surface area contributed by atoms with Crippen LogP contribution in [-0.2, 0) is 19.3 Å². The molecule has 48 heavy (non-hydrogen) atoms. The van der Waals surface area contributed by atoms with Crippen LogP contribution in [0.3, 0.4) is 0 Å². The van der Waals surface area contributed by atoms with E-state index >= 15 is 0 Å². The number of aromatic nitrogens is 4. The van der Waals surface area contributed by atoms with Gasteiger partial charge in [-0.3, -0.25) is 4.98 Å². The molecule has 12 heteroatoms. The normalized spacial score (nSPS) is 15.5. The number of hydrogen-bond donors (Lipinski definition) is 0. The first kappa shape index (κ1) is 36.1. The molecule has 0 saturated carbocycles. The molecule has 0 unspecified atom stereocenters. The fourth-order valence-corrected chi connectivity index (χ4v) is 8.79. The monoisotopic (exact) mass is 705 g/mol. The van der Waals surface area contributed by atoms with Crippen molar-refractivity contribution in [1.82, 2.24) is 19.6 Å². The summed E-state index contributed by atoms with van der Waals surface area (Å²) < 4.78 is 39.4. The van der Waals surface area contributed by atoms with Gasteiger partial charge in [-0.05, 0) is 31.0 Å². The van der Waals surface area contributed by atoms with Crippen LogP contribution in [0, 0.1) is 0 Å². The molecular weight excluding hydrogens is 655 g/mol. The maximum atomic E-state index is 12.4. The number of hydrogen-bond acceptors (Lipinski definition) is 8. The quantitative estimate of drug-likeness (QED) is 0.0702. The number of sulfone groups is 1. The lowest BCUT2D eigenvalue weighted by Gasteiger charge is -2.30. The fourth-order valence-electron chi connectivity index (χ4n) is 5.78. The number of nitrogens with zero attached hydrogens (tertiary/aromatic N) is 5. The molecule has 0 N–H and O–H groups in total. The van der Waals surface area contributed by atoms with Crippen LogP contribution in [0.2, 0.25) is 51.4 Å². The number of benzene rings is 1. The van der Waals surface area contributed by atoms with Gasteiger partial charge < -0.3 is 14.4 Å².